The van der Waals surface area contributed by atoms with Crippen LogP contribution in [0.5, 0.6) is 0 Å². The van der Waals surface area contributed by atoms with Gasteiger partial charge in [-0.3, -0.25) is 4.90 Å². The van der Waals surface area contributed by atoms with Crippen LogP contribution in [0.1, 0.15) is 18.0 Å². The summed E-state index contributed by atoms with van der Waals surface area (Å²) in [7, 11) is 0. The lowest BCUT2D eigenvalue weighted by molar-refractivity contribution is 0.0957. The van der Waals surface area contributed by atoms with E-state index in [1.807, 2.05) is 18.2 Å². The van der Waals surface area contributed by atoms with Gasteiger partial charge >= 0.3 is 0 Å². The van der Waals surface area contributed by atoms with Gasteiger partial charge in [0, 0.05) is 25.2 Å². The Morgan fingerprint density at radius 1 is 1.40 bits per heavy atom. The molecule has 1 atom stereocenters. The molecule has 78 valence electrons. The summed E-state index contributed by atoms with van der Waals surface area (Å²) in [6.07, 6.45) is 0.538. The van der Waals surface area contributed by atoms with Crippen LogP contribution in [0, 0.1) is 11.3 Å². The van der Waals surface area contributed by atoms with Crippen molar-refractivity contribution in [3.8, 4) is 6.07 Å². The molecule has 1 fully saturated rings. The number of hydrogen-bond acceptors (Lipinski definition) is 3. The van der Waals surface area contributed by atoms with E-state index in [4.69, 9.17) is 11.0 Å². The smallest absolute Gasteiger partial charge is 0.0641 e. The first-order valence-corrected chi connectivity index (χ1v) is 5.23. The highest BCUT2D eigenvalue weighted by molar-refractivity contribution is 5.21. The minimum atomic E-state index is 0.219. The first kappa shape index (κ1) is 10.2. The zero-order valence-electron chi connectivity index (χ0n) is 8.63. The third-order valence-corrected chi connectivity index (χ3v) is 2.85. The van der Waals surface area contributed by atoms with Gasteiger partial charge in [0.1, 0.15) is 0 Å². The van der Waals surface area contributed by atoms with Crippen LogP contribution in [0.25, 0.3) is 0 Å². The van der Waals surface area contributed by atoms with E-state index in [9.17, 15) is 0 Å². The fourth-order valence-corrected chi connectivity index (χ4v) is 2.02. The molecule has 1 saturated heterocycles. The number of nitriles is 1. The third kappa shape index (κ3) is 2.17. The van der Waals surface area contributed by atoms with Crippen molar-refractivity contribution in [3.63, 3.8) is 0 Å². The fraction of sp³-hybridized carbons (Fsp3) is 0.417. The van der Waals surface area contributed by atoms with Gasteiger partial charge in [0.15, 0.2) is 0 Å². The summed E-state index contributed by atoms with van der Waals surface area (Å²) in [5.74, 6) is 0. The molecule has 1 aliphatic heterocycles. The summed E-state index contributed by atoms with van der Waals surface area (Å²) in [5.41, 5.74) is 6.97. The van der Waals surface area contributed by atoms with E-state index < -0.39 is 0 Å². The van der Waals surface area contributed by atoms with Crippen LogP contribution in [0.2, 0.25) is 0 Å². The van der Waals surface area contributed by atoms with Gasteiger partial charge < -0.3 is 5.73 Å². The average Bonchev–Trinajstić information content (AvgIpc) is 2.23. The van der Waals surface area contributed by atoms with Crippen molar-refractivity contribution in [3.05, 3.63) is 35.9 Å². The van der Waals surface area contributed by atoms with Crippen molar-refractivity contribution >= 4 is 0 Å². The number of rotatable bonds is 3. The van der Waals surface area contributed by atoms with Gasteiger partial charge in [-0.15, -0.1) is 0 Å². The van der Waals surface area contributed by atoms with Crippen molar-refractivity contribution in [2.45, 2.75) is 18.5 Å². The minimum absolute atomic E-state index is 0.219. The molecular weight excluding hydrogens is 186 g/mol. The lowest BCUT2D eigenvalue weighted by atomic mass is 9.97. The summed E-state index contributed by atoms with van der Waals surface area (Å²) >= 11 is 0. The predicted molar refractivity (Wildman–Crippen MR) is 59.0 cm³/mol. The topological polar surface area (TPSA) is 53.0 Å². The second-order valence-corrected chi connectivity index (χ2v) is 4.00. The highest BCUT2D eigenvalue weighted by Crippen LogP contribution is 2.27. The Morgan fingerprint density at radius 2 is 2.07 bits per heavy atom. The molecule has 2 rings (SSSR count). The van der Waals surface area contributed by atoms with Crippen LogP contribution in [0.15, 0.2) is 30.3 Å². The van der Waals surface area contributed by atoms with E-state index in [2.05, 4.69) is 23.1 Å². The molecule has 1 aromatic carbocycles. The molecule has 0 aliphatic carbocycles. The lowest BCUT2D eigenvalue weighted by Crippen LogP contribution is -2.56. The van der Waals surface area contributed by atoms with E-state index >= 15 is 0 Å². The number of nitrogens with two attached hydrogens (primary N) is 1. The highest BCUT2D eigenvalue weighted by atomic mass is 15.2. The van der Waals surface area contributed by atoms with Crippen LogP contribution in [0.4, 0.5) is 0 Å². The normalized spacial score (nSPS) is 19.2. The molecule has 0 amide bonds. The Balaban J connectivity index is 2.11. The van der Waals surface area contributed by atoms with Crippen molar-refractivity contribution in [2.24, 2.45) is 5.73 Å². The molecule has 2 N–H and O–H groups in total. The Hall–Kier alpha value is -1.37. The van der Waals surface area contributed by atoms with Crippen LogP contribution in [-0.4, -0.2) is 24.0 Å². The molecule has 0 saturated carbocycles. The second-order valence-electron chi connectivity index (χ2n) is 4.00. The number of nitrogens with zero attached hydrogens (tertiary/aromatic N) is 2. The zero-order valence-corrected chi connectivity index (χ0v) is 8.63. The van der Waals surface area contributed by atoms with Gasteiger partial charge in [-0.05, 0) is 5.56 Å². The Bertz CT molecular complexity index is 349. The Morgan fingerprint density at radius 3 is 2.60 bits per heavy atom. The fourth-order valence-electron chi connectivity index (χ4n) is 2.02. The number of likely N-dealkylation sites (tertiary alicyclic amines) is 1. The van der Waals surface area contributed by atoms with Crippen LogP contribution < -0.4 is 5.73 Å². The summed E-state index contributed by atoms with van der Waals surface area (Å²) in [6, 6.07) is 12.9. The molecule has 0 spiro atoms. The monoisotopic (exact) mass is 201 g/mol. The molecule has 0 radical (unpaired) electrons. The quantitative estimate of drug-likeness (QED) is 0.801. The second kappa shape index (κ2) is 4.43. The van der Waals surface area contributed by atoms with Crippen molar-refractivity contribution in [2.75, 3.05) is 13.1 Å². The van der Waals surface area contributed by atoms with Gasteiger partial charge in [-0.25, -0.2) is 0 Å². The first-order valence-electron chi connectivity index (χ1n) is 5.23. The van der Waals surface area contributed by atoms with Gasteiger partial charge in [-0.1, -0.05) is 30.3 Å². The first-order chi connectivity index (χ1) is 7.31. The minimum Gasteiger partial charge on any atom is -0.325 e. The van der Waals surface area contributed by atoms with Crippen LogP contribution in [-0.2, 0) is 0 Å². The van der Waals surface area contributed by atoms with E-state index in [0.717, 1.165) is 13.1 Å². The van der Waals surface area contributed by atoms with Crippen molar-refractivity contribution in [1.29, 1.82) is 5.26 Å². The molecule has 3 heteroatoms. The SMILES string of the molecule is N#CCC(c1ccccc1)N1CC(N)C1. The molecule has 3 nitrogen and oxygen atoms in total. The maximum absolute atomic E-state index is 8.82. The molecule has 1 unspecified atom stereocenters. The molecule has 1 heterocycles. The maximum Gasteiger partial charge on any atom is 0.0641 e. The van der Waals surface area contributed by atoms with E-state index in [1.54, 1.807) is 0 Å². The molecule has 1 aromatic rings. The van der Waals surface area contributed by atoms with Gasteiger partial charge in [0.25, 0.3) is 0 Å². The zero-order chi connectivity index (χ0) is 10.7. The predicted octanol–water partition coefficient (Wildman–Crippen LogP) is 1.28. The average molecular weight is 201 g/mol. The van der Waals surface area contributed by atoms with Gasteiger partial charge in [0.05, 0.1) is 12.5 Å². The number of benzene rings is 1. The largest absolute Gasteiger partial charge is 0.325 e. The number of hydrogen-bond donors (Lipinski definition) is 1. The summed E-state index contributed by atoms with van der Waals surface area (Å²) in [5, 5.41) is 8.82. The van der Waals surface area contributed by atoms with Crippen molar-refractivity contribution < 1.29 is 0 Å². The molecule has 0 bridgehead atoms. The lowest BCUT2D eigenvalue weighted by Gasteiger charge is -2.42. The summed E-state index contributed by atoms with van der Waals surface area (Å²) < 4.78 is 0. The molecule has 15 heavy (non-hydrogen) atoms. The van der Waals surface area contributed by atoms with Gasteiger partial charge in [-0.2, -0.15) is 5.26 Å². The maximum atomic E-state index is 8.82. The van der Waals surface area contributed by atoms with E-state index in [1.165, 1.54) is 5.56 Å². The summed E-state index contributed by atoms with van der Waals surface area (Å²) in [6.45, 7) is 1.81. The third-order valence-electron chi connectivity index (χ3n) is 2.85. The summed E-state index contributed by atoms with van der Waals surface area (Å²) in [4.78, 5) is 2.27. The van der Waals surface area contributed by atoms with Crippen LogP contribution in [0.3, 0.4) is 0 Å². The Labute approximate surface area is 90.1 Å². The molecular formula is C12H15N3. The van der Waals surface area contributed by atoms with Crippen LogP contribution >= 0.6 is 0 Å². The molecule has 1 aliphatic rings. The van der Waals surface area contributed by atoms with E-state index in [0.29, 0.717) is 6.42 Å². The highest BCUT2D eigenvalue weighted by Gasteiger charge is 2.30. The van der Waals surface area contributed by atoms with Crippen molar-refractivity contribution in [1.82, 2.24) is 4.90 Å². The standard InChI is InChI=1S/C12H15N3/c13-7-6-12(15-8-11(14)9-15)10-4-2-1-3-5-10/h1-5,11-12H,6,8-9,14H2. The van der Waals surface area contributed by atoms with E-state index in [-0.39, 0.29) is 12.1 Å². The van der Waals surface area contributed by atoms with Gasteiger partial charge in [0.2, 0.25) is 0 Å². The Kier molecular flexibility index (Phi) is 3.00. The molecule has 0 aromatic heterocycles.